The average Bonchev–Trinajstić information content (AvgIpc) is 3.42. The van der Waals surface area contributed by atoms with E-state index in [1.807, 2.05) is 0 Å². The predicted octanol–water partition coefficient (Wildman–Crippen LogP) is 8.20. The van der Waals surface area contributed by atoms with Crippen LogP contribution in [0.25, 0.3) is 22.2 Å². The summed E-state index contributed by atoms with van der Waals surface area (Å²) in [6, 6.07) is 10.3. The van der Waals surface area contributed by atoms with Gasteiger partial charge in [0.15, 0.2) is 5.82 Å². The first kappa shape index (κ1) is 40.4. The van der Waals surface area contributed by atoms with Crippen LogP contribution in [0, 0.1) is 0 Å². The number of ether oxygens (including phenoxy) is 2. The monoisotopic (exact) mass is 767 g/mol. The van der Waals surface area contributed by atoms with Gasteiger partial charge in [0, 0.05) is 42.3 Å². The average molecular weight is 768 g/mol. The minimum absolute atomic E-state index is 0.0290. The Labute approximate surface area is 315 Å². The van der Waals surface area contributed by atoms with Crippen molar-refractivity contribution in [2.45, 2.75) is 103 Å². The molecule has 1 fully saturated rings. The van der Waals surface area contributed by atoms with E-state index < -0.39 is 59.2 Å². The molecule has 2 N–H and O–H groups in total. The normalized spacial score (nSPS) is 16.3. The van der Waals surface area contributed by atoms with Gasteiger partial charge in [0.1, 0.15) is 11.2 Å². The van der Waals surface area contributed by atoms with E-state index in [1.54, 1.807) is 72.9 Å². The second kappa shape index (κ2) is 15.5. The minimum atomic E-state index is -4.52. The fourth-order valence-electron chi connectivity index (χ4n) is 6.30. The Morgan fingerprint density at radius 3 is 2.09 bits per heavy atom. The van der Waals surface area contributed by atoms with Crippen molar-refractivity contribution < 1.29 is 46.9 Å². The van der Waals surface area contributed by atoms with Gasteiger partial charge in [0.25, 0.3) is 0 Å². The number of carbonyl (C=O) groups excluding carboxylic acids is 3. The lowest BCUT2D eigenvalue weighted by molar-refractivity contribution is -0.137. The number of fused-ring (bicyclic) bond motifs is 1. The van der Waals surface area contributed by atoms with E-state index in [0.717, 1.165) is 21.9 Å². The summed E-state index contributed by atoms with van der Waals surface area (Å²) >= 11 is 0. The van der Waals surface area contributed by atoms with Gasteiger partial charge in [-0.15, -0.1) is 0 Å². The number of alkyl halides is 3. The zero-order chi connectivity index (χ0) is 40.5. The second-order valence-corrected chi connectivity index (χ2v) is 15.4. The molecule has 1 aliphatic rings. The Balaban J connectivity index is 1.28. The first-order valence-corrected chi connectivity index (χ1v) is 17.6. The molecule has 2 aromatic heterocycles. The molecule has 4 aromatic rings. The van der Waals surface area contributed by atoms with Gasteiger partial charge in [-0.25, -0.2) is 34.2 Å². The summed E-state index contributed by atoms with van der Waals surface area (Å²) in [5, 5.41) is 17.8. The Morgan fingerprint density at radius 1 is 0.891 bits per heavy atom. The maximum absolute atomic E-state index is 13.2. The Kier molecular flexibility index (Phi) is 11.4. The highest BCUT2D eigenvalue weighted by Crippen LogP contribution is 2.33. The van der Waals surface area contributed by atoms with E-state index in [4.69, 9.17) is 9.47 Å². The van der Waals surface area contributed by atoms with Crippen LogP contribution in [0.3, 0.4) is 0 Å². The molecule has 0 spiro atoms. The molecule has 1 aliphatic carbocycles. The van der Waals surface area contributed by atoms with Crippen LogP contribution < -0.4 is 10.2 Å². The van der Waals surface area contributed by atoms with E-state index in [1.165, 1.54) is 23.0 Å². The van der Waals surface area contributed by atoms with Crippen molar-refractivity contribution in [3.8, 4) is 11.3 Å². The minimum Gasteiger partial charge on any atom is -0.465 e. The fourth-order valence-corrected chi connectivity index (χ4v) is 6.30. The molecule has 17 heteroatoms. The zero-order valence-corrected chi connectivity index (χ0v) is 31.6. The van der Waals surface area contributed by atoms with Crippen molar-refractivity contribution in [3.63, 3.8) is 0 Å². The standard InChI is InChI=1S/C38H44F3N7O7/c1-36(2,3)54-34(52)48(35(53)55-37(4,5)6)27-14-12-26(13-15-27)47(33(50)51)32-42-21-24-19-23(11-16-28(24)43-32)29-20-30(45-46(29)7)44-31(49)18-22-9-8-10-25(17-22)38(39,40)41/h8-11,16-17,19-21,26-27H,12-15,18H2,1-7H3,(H,50,51)(H,44,45,49)/t26-,27-. The van der Waals surface area contributed by atoms with E-state index in [2.05, 4.69) is 20.4 Å². The lowest BCUT2D eigenvalue weighted by Crippen LogP contribution is -2.52. The molecule has 4 amide bonds. The molecular weight excluding hydrogens is 723 g/mol. The molecule has 55 heavy (non-hydrogen) atoms. The molecule has 0 bridgehead atoms. The van der Waals surface area contributed by atoms with Gasteiger partial charge in [0.05, 0.1) is 23.2 Å². The smallest absolute Gasteiger partial charge is 0.420 e. The van der Waals surface area contributed by atoms with Crippen molar-refractivity contribution in [1.82, 2.24) is 24.6 Å². The highest BCUT2D eigenvalue weighted by atomic mass is 19.4. The van der Waals surface area contributed by atoms with Gasteiger partial charge in [-0.3, -0.25) is 9.48 Å². The third kappa shape index (κ3) is 10.3. The molecule has 0 atom stereocenters. The third-order valence-corrected chi connectivity index (χ3v) is 8.63. The topological polar surface area (TPSA) is 169 Å². The lowest BCUT2D eigenvalue weighted by atomic mass is 9.89. The van der Waals surface area contributed by atoms with Gasteiger partial charge in [-0.1, -0.05) is 24.3 Å². The van der Waals surface area contributed by atoms with Crippen LogP contribution in [0.4, 0.5) is 39.3 Å². The number of nitrogens with one attached hydrogen (secondary N) is 1. The summed E-state index contributed by atoms with van der Waals surface area (Å²) in [4.78, 5) is 62.6. The summed E-state index contributed by atoms with van der Waals surface area (Å²) in [6.07, 6.45) is -5.03. The molecule has 294 valence electrons. The molecule has 14 nitrogen and oxygen atoms in total. The van der Waals surface area contributed by atoms with Crippen LogP contribution in [0.1, 0.15) is 78.4 Å². The summed E-state index contributed by atoms with van der Waals surface area (Å²) in [5.74, 6) is -0.366. The van der Waals surface area contributed by atoms with Crippen molar-refractivity contribution in [2.24, 2.45) is 7.05 Å². The number of aryl methyl sites for hydroxylation is 1. The molecule has 1 saturated carbocycles. The highest BCUT2D eigenvalue weighted by Gasteiger charge is 2.41. The van der Waals surface area contributed by atoms with E-state index in [9.17, 15) is 37.5 Å². The number of imide groups is 1. The van der Waals surface area contributed by atoms with Crippen molar-refractivity contribution >= 4 is 46.9 Å². The number of hydrogen-bond donors (Lipinski definition) is 2. The van der Waals surface area contributed by atoms with Crippen molar-refractivity contribution in [3.05, 3.63) is 65.9 Å². The molecule has 2 heterocycles. The molecular formula is C38H44F3N7O7. The van der Waals surface area contributed by atoms with Crippen LogP contribution in [-0.4, -0.2) is 77.2 Å². The molecule has 5 rings (SSSR count). The van der Waals surface area contributed by atoms with E-state index in [-0.39, 0.29) is 23.8 Å². The summed E-state index contributed by atoms with van der Waals surface area (Å²) in [5.41, 5.74) is -0.597. The van der Waals surface area contributed by atoms with Crippen molar-refractivity contribution in [2.75, 3.05) is 10.2 Å². The number of anilines is 2. The summed E-state index contributed by atoms with van der Waals surface area (Å²) in [7, 11) is 1.67. The van der Waals surface area contributed by atoms with Gasteiger partial charge in [0.2, 0.25) is 11.9 Å². The Hall–Kier alpha value is -5.74. The number of halogens is 3. The lowest BCUT2D eigenvalue weighted by Gasteiger charge is -2.38. The highest BCUT2D eigenvalue weighted by molar-refractivity contribution is 5.93. The first-order chi connectivity index (χ1) is 25.6. The number of benzene rings is 2. The molecule has 0 saturated heterocycles. The van der Waals surface area contributed by atoms with Gasteiger partial charge in [-0.05, 0) is 91.0 Å². The van der Waals surface area contributed by atoms with E-state index in [0.29, 0.717) is 47.8 Å². The maximum Gasteiger partial charge on any atom is 0.420 e. The molecule has 0 unspecified atom stereocenters. The largest absolute Gasteiger partial charge is 0.465 e. The quantitative estimate of drug-likeness (QED) is 0.187. The van der Waals surface area contributed by atoms with E-state index >= 15 is 0 Å². The van der Waals surface area contributed by atoms with Crippen LogP contribution in [-0.2, 0) is 33.9 Å². The number of rotatable bonds is 7. The SMILES string of the molecule is Cn1nc(NC(=O)Cc2cccc(C(F)(F)F)c2)cc1-c1ccc2nc(N(C(=O)O)[C@H]3CC[C@H](N(C(=O)OC(C)(C)C)C(=O)OC(C)(C)C)CC3)ncc2c1. The number of hydrogen-bond acceptors (Lipinski definition) is 9. The van der Waals surface area contributed by atoms with Crippen LogP contribution in [0.15, 0.2) is 54.7 Å². The maximum atomic E-state index is 13.2. The second-order valence-electron chi connectivity index (χ2n) is 15.4. The molecule has 0 aliphatic heterocycles. The van der Waals surface area contributed by atoms with Crippen LogP contribution in [0.5, 0.6) is 0 Å². The van der Waals surface area contributed by atoms with Crippen LogP contribution in [0.2, 0.25) is 0 Å². The summed E-state index contributed by atoms with van der Waals surface area (Å²) < 4.78 is 51.8. The van der Waals surface area contributed by atoms with Crippen LogP contribution >= 0.6 is 0 Å². The van der Waals surface area contributed by atoms with Crippen molar-refractivity contribution in [1.29, 1.82) is 0 Å². The Bertz CT molecular complexity index is 2050. The first-order valence-electron chi connectivity index (χ1n) is 17.6. The van der Waals surface area contributed by atoms with Gasteiger partial charge in [-0.2, -0.15) is 18.3 Å². The molecule has 2 aromatic carbocycles. The van der Waals surface area contributed by atoms with Gasteiger partial charge >= 0.3 is 24.5 Å². The Morgan fingerprint density at radius 2 is 1.51 bits per heavy atom. The number of carboxylic acid groups (broad SMARTS) is 1. The zero-order valence-electron chi connectivity index (χ0n) is 31.6. The third-order valence-electron chi connectivity index (χ3n) is 8.63. The fraction of sp³-hybridized carbons (Fsp3) is 0.447. The number of aromatic nitrogens is 4. The number of carbonyl (C=O) groups is 4. The number of amides is 4. The predicted molar refractivity (Wildman–Crippen MR) is 196 cm³/mol. The van der Waals surface area contributed by atoms with Gasteiger partial charge < -0.3 is 19.9 Å². The molecule has 0 radical (unpaired) electrons. The number of nitrogens with zero attached hydrogens (tertiary/aromatic N) is 6. The summed E-state index contributed by atoms with van der Waals surface area (Å²) in [6.45, 7) is 10.2.